The molecule has 20 heavy (non-hydrogen) atoms. The van der Waals surface area contributed by atoms with E-state index >= 15 is 0 Å². The van der Waals surface area contributed by atoms with Gasteiger partial charge < -0.3 is 11.1 Å². The summed E-state index contributed by atoms with van der Waals surface area (Å²) in [6.07, 6.45) is 3.45. The summed E-state index contributed by atoms with van der Waals surface area (Å²) >= 11 is 5.45. The number of hydrogen-bond acceptors (Lipinski definition) is 2. The SMILES string of the molecule is Cl.NCC1(NC(=O)c2cc(F)c(Cl)cc2F)CCCC1. The van der Waals surface area contributed by atoms with Crippen LogP contribution in [0.3, 0.4) is 0 Å². The zero-order valence-electron chi connectivity index (χ0n) is 10.7. The molecule has 1 fully saturated rings. The van der Waals surface area contributed by atoms with Crippen LogP contribution in [0, 0.1) is 11.6 Å². The van der Waals surface area contributed by atoms with Gasteiger partial charge in [0.15, 0.2) is 0 Å². The van der Waals surface area contributed by atoms with Crippen molar-refractivity contribution in [3.8, 4) is 0 Å². The second kappa shape index (κ2) is 6.70. The summed E-state index contributed by atoms with van der Waals surface area (Å²) in [7, 11) is 0. The molecule has 0 aliphatic heterocycles. The van der Waals surface area contributed by atoms with Crippen molar-refractivity contribution in [2.24, 2.45) is 5.73 Å². The van der Waals surface area contributed by atoms with Crippen LogP contribution in [0.1, 0.15) is 36.0 Å². The zero-order chi connectivity index (χ0) is 14.0. The predicted octanol–water partition coefficient (Wildman–Crippen LogP) is 3.04. The second-order valence-electron chi connectivity index (χ2n) is 4.89. The Morgan fingerprint density at radius 2 is 1.90 bits per heavy atom. The van der Waals surface area contributed by atoms with E-state index in [9.17, 15) is 13.6 Å². The molecule has 1 aliphatic carbocycles. The highest BCUT2D eigenvalue weighted by molar-refractivity contribution is 6.30. The lowest BCUT2D eigenvalue weighted by atomic mass is 9.97. The molecule has 0 unspecified atom stereocenters. The average molecular weight is 325 g/mol. The van der Waals surface area contributed by atoms with Gasteiger partial charge in [-0.2, -0.15) is 0 Å². The van der Waals surface area contributed by atoms with Crippen LogP contribution in [-0.4, -0.2) is 18.0 Å². The highest BCUT2D eigenvalue weighted by Crippen LogP contribution is 2.29. The summed E-state index contributed by atoms with van der Waals surface area (Å²) in [5, 5.41) is 2.39. The Morgan fingerprint density at radius 1 is 1.30 bits per heavy atom. The normalized spacial score (nSPS) is 16.6. The molecule has 1 aromatic rings. The van der Waals surface area contributed by atoms with E-state index in [-0.39, 0.29) is 29.5 Å². The van der Waals surface area contributed by atoms with E-state index in [1.165, 1.54) is 0 Å². The van der Waals surface area contributed by atoms with Crippen molar-refractivity contribution in [1.29, 1.82) is 0 Å². The van der Waals surface area contributed by atoms with E-state index in [0.717, 1.165) is 37.8 Å². The minimum absolute atomic E-state index is 0. The molecule has 7 heteroatoms. The van der Waals surface area contributed by atoms with E-state index in [1.54, 1.807) is 0 Å². The zero-order valence-corrected chi connectivity index (χ0v) is 12.3. The summed E-state index contributed by atoms with van der Waals surface area (Å²) in [4.78, 5) is 12.0. The summed E-state index contributed by atoms with van der Waals surface area (Å²) in [5.41, 5.74) is 4.84. The maximum absolute atomic E-state index is 13.6. The molecule has 3 N–H and O–H groups in total. The molecule has 0 aromatic heterocycles. The fourth-order valence-corrected chi connectivity index (χ4v) is 2.59. The molecule has 1 aromatic carbocycles. The lowest BCUT2D eigenvalue weighted by Gasteiger charge is -2.28. The third kappa shape index (κ3) is 3.40. The Kier molecular flexibility index (Phi) is 5.74. The molecule has 1 aliphatic rings. The maximum Gasteiger partial charge on any atom is 0.254 e. The Morgan fingerprint density at radius 3 is 2.45 bits per heavy atom. The Hall–Kier alpha value is -0.910. The first-order chi connectivity index (χ1) is 8.97. The summed E-state index contributed by atoms with van der Waals surface area (Å²) in [5.74, 6) is -2.31. The van der Waals surface area contributed by atoms with E-state index in [0.29, 0.717) is 0 Å². The smallest absolute Gasteiger partial charge is 0.254 e. The van der Waals surface area contributed by atoms with Crippen LogP contribution in [0.25, 0.3) is 0 Å². The van der Waals surface area contributed by atoms with Crippen molar-refractivity contribution in [3.05, 3.63) is 34.4 Å². The van der Waals surface area contributed by atoms with Gasteiger partial charge in [-0.05, 0) is 25.0 Å². The number of halogens is 4. The molecule has 0 atom stereocenters. The molecule has 0 heterocycles. The molecule has 0 saturated heterocycles. The number of benzene rings is 1. The fourth-order valence-electron chi connectivity index (χ4n) is 2.44. The van der Waals surface area contributed by atoms with Crippen molar-refractivity contribution < 1.29 is 13.6 Å². The lowest BCUT2D eigenvalue weighted by molar-refractivity contribution is 0.0898. The van der Waals surface area contributed by atoms with E-state index in [2.05, 4.69) is 5.32 Å². The highest BCUT2D eigenvalue weighted by Gasteiger charge is 2.34. The van der Waals surface area contributed by atoms with Crippen LogP contribution < -0.4 is 11.1 Å². The molecular formula is C13H16Cl2F2N2O. The largest absolute Gasteiger partial charge is 0.345 e. The second-order valence-corrected chi connectivity index (χ2v) is 5.30. The number of nitrogens with two attached hydrogens (primary N) is 1. The number of hydrogen-bond donors (Lipinski definition) is 2. The van der Waals surface area contributed by atoms with E-state index < -0.39 is 23.1 Å². The quantitative estimate of drug-likeness (QED) is 0.839. The van der Waals surface area contributed by atoms with E-state index in [1.807, 2.05) is 0 Å². The minimum atomic E-state index is -0.839. The molecular weight excluding hydrogens is 309 g/mol. The van der Waals surface area contributed by atoms with Gasteiger partial charge >= 0.3 is 0 Å². The van der Waals surface area contributed by atoms with Gasteiger partial charge in [0.25, 0.3) is 5.91 Å². The van der Waals surface area contributed by atoms with Crippen LogP contribution in [0.4, 0.5) is 8.78 Å². The Labute approximate surface area is 127 Å². The topological polar surface area (TPSA) is 55.1 Å². The maximum atomic E-state index is 13.6. The molecule has 3 nitrogen and oxygen atoms in total. The molecule has 112 valence electrons. The minimum Gasteiger partial charge on any atom is -0.345 e. The van der Waals surface area contributed by atoms with Crippen LogP contribution in [0.5, 0.6) is 0 Å². The van der Waals surface area contributed by atoms with Crippen molar-refractivity contribution in [2.45, 2.75) is 31.2 Å². The van der Waals surface area contributed by atoms with E-state index in [4.69, 9.17) is 17.3 Å². The van der Waals surface area contributed by atoms with Gasteiger partial charge in [0, 0.05) is 6.54 Å². The van der Waals surface area contributed by atoms with Crippen molar-refractivity contribution >= 4 is 29.9 Å². The van der Waals surface area contributed by atoms with Crippen molar-refractivity contribution in [1.82, 2.24) is 5.32 Å². The van der Waals surface area contributed by atoms with Crippen LogP contribution >= 0.6 is 24.0 Å². The first kappa shape index (κ1) is 17.1. The van der Waals surface area contributed by atoms with Gasteiger partial charge in [0.1, 0.15) is 11.6 Å². The van der Waals surface area contributed by atoms with Crippen molar-refractivity contribution in [2.75, 3.05) is 6.54 Å². The van der Waals surface area contributed by atoms with Gasteiger partial charge in [-0.25, -0.2) is 8.78 Å². The molecule has 0 spiro atoms. The van der Waals surface area contributed by atoms with Crippen molar-refractivity contribution in [3.63, 3.8) is 0 Å². The average Bonchev–Trinajstić information content (AvgIpc) is 2.83. The Bertz CT molecular complexity index is 505. The molecule has 1 amide bonds. The van der Waals surface area contributed by atoms with Crippen LogP contribution in [-0.2, 0) is 0 Å². The van der Waals surface area contributed by atoms with Gasteiger partial charge in [-0.15, -0.1) is 12.4 Å². The number of carbonyl (C=O) groups excluding carboxylic acids is 1. The number of amides is 1. The summed E-state index contributed by atoms with van der Waals surface area (Å²) < 4.78 is 26.9. The number of rotatable bonds is 3. The third-order valence-corrected chi connectivity index (χ3v) is 3.87. The molecule has 2 rings (SSSR count). The summed E-state index contributed by atoms with van der Waals surface area (Å²) in [6, 6.07) is 1.61. The fraction of sp³-hybridized carbons (Fsp3) is 0.462. The molecule has 0 bridgehead atoms. The predicted molar refractivity (Wildman–Crippen MR) is 76.3 cm³/mol. The first-order valence-electron chi connectivity index (χ1n) is 6.14. The first-order valence-corrected chi connectivity index (χ1v) is 6.52. The molecule has 0 radical (unpaired) electrons. The summed E-state index contributed by atoms with van der Waals surface area (Å²) in [6.45, 7) is 0.288. The number of carbonyl (C=O) groups is 1. The third-order valence-electron chi connectivity index (χ3n) is 3.58. The van der Waals surface area contributed by atoms with Crippen LogP contribution in [0.15, 0.2) is 12.1 Å². The lowest BCUT2D eigenvalue weighted by Crippen LogP contribution is -2.51. The van der Waals surface area contributed by atoms with Gasteiger partial charge in [0.05, 0.1) is 16.1 Å². The monoisotopic (exact) mass is 324 g/mol. The van der Waals surface area contributed by atoms with Crippen LogP contribution in [0.2, 0.25) is 5.02 Å². The molecule has 1 saturated carbocycles. The number of nitrogens with one attached hydrogen (secondary N) is 1. The Balaban J connectivity index is 0.00000200. The van der Waals surface area contributed by atoms with Gasteiger partial charge in [-0.1, -0.05) is 24.4 Å². The van der Waals surface area contributed by atoms with Gasteiger partial charge in [-0.3, -0.25) is 4.79 Å². The van der Waals surface area contributed by atoms with Gasteiger partial charge in [0.2, 0.25) is 0 Å². The highest BCUT2D eigenvalue weighted by atomic mass is 35.5. The standard InChI is InChI=1S/C13H15ClF2N2O.ClH/c14-9-6-10(15)8(5-11(9)16)12(19)18-13(7-17)3-1-2-4-13;/h5-6H,1-4,7,17H2,(H,18,19);1H.